The molecule has 4 rings (SSSR count). The molecule has 0 aliphatic heterocycles. The number of halogens is 1. The summed E-state index contributed by atoms with van der Waals surface area (Å²) < 4.78 is 8.15. The average Bonchev–Trinajstić information content (AvgIpc) is 3.19. The topological polar surface area (TPSA) is 68.5 Å². The van der Waals surface area contributed by atoms with E-state index in [1.807, 2.05) is 50.2 Å². The molecule has 2 heterocycles. The maximum Gasteiger partial charge on any atom is 0.257 e. The minimum absolute atomic E-state index is 0.216. The number of aromatic nitrogens is 3. The number of ether oxygens (including phenoxy) is 1. The zero-order valence-corrected chi connectivity index (χ0v) is 19.2. The Balaban J connectivity index is 1.61. The van der Waals surface area contributed by atoms with Crippen LogP contribution in [-0.4, -0.2) is 27.6 Å². The summed E-state index contributed by atoms with van der Waals surface area (Å²) in [6.45, 7) is 4.35. The van der Waals surface area contributed by atoms with Crippen molar-refractivity contribution in [3.8, 4) is 5.75 Å². The molecule has 2 aromatic heterocycles. The van der Waals surface area contributed by atoms with Gasteiger partial charge in [0, 0.05) is 34.4 Å². The molecule has 0 atom stereocenters. The molecule has 1 amide bonds. The quantitative estimate of drug-likeness (QED) is 0.438. The normalized spacial score (nSPS) is 11.0. The smallest absolute Gasteiger partial charge is 0.257 e. The second-order valence-electron chi connectivity index (χ2n) is 7.36. The lowest BCUT2D eigenvalue weighted by atomic mass is 10.0. The van der Waals surface area contributed by atoms with E-state index in [0.29, 0.717) is 17.8 Å². The number of rotatable bonds is 6. The maximum atomic E-state index is 12.9. The van der Waals surface area contributed by atoms with Crippen molar-refractivity contribution in [1.82, 2.24) is 19.9 Å². The summed E-state index contributed by atoms with van der Waals surface area (Å²) in [7, 11) is 1.62. The SMILES string of the molecule is COc1ccccc1CNC(=O)c1cnn2c(C)c(Cc3cccc(Br)c3)c(C)nc12. The molecule has 31 heavy (non-hydrogen) atoms. The number of hydrogen-bond acceptors (Lipinski definition) is 4. The fourth-order valence-corrected chi connectivity index (χ4v) is 4.14. The van der Waals surface area contributed by atoms with E-state index in [-0.39, 0.29) is 5.91 Å². The van der Waals surface area contributed by atoms with E-state index in [4.69, 9.17) is 9.72 Å². The van der Waals surface area contributed by atoms with Crippen molar-refractivity contribution in [2.45, 2.75) is 26.8 Å². The number of carbonyl (C=O) groups excluding carboxylic acids is 1. The molecule has 0 saturated carbocycles. The van der Waals surface area contributed by atoms with Crippen molar-refractivity contribution in [1.29, 1.82) is 0 Å². The summed E-state index contributed by atoms with van der Waals surface area (Å²) in [6, 6.07) is 15.8. The van der Waals surface area contributed by atoms with E-state index in [0.717, 1.165) is 39.2 Å². The summed E-state index contributed by atoms with van der Waals surface area (Å²) in [5.41, 5.74) is 6.08. The van der Waals surface area contributed by atoms with Gasteiger partial charge in [-0.1, -0.05) is 46.3 Å². The molecule has 0 unspecified atom stereocenters. The van der Waals surface area contributed by atoms with Crippen LogP contribution >= 0.6 is 15.9 Å². The van der Waals surface area contributed by atoms with E-state index in [9.17, 15) is 4.79 Å². The number of aryl methyl sites for hydroxylation is 2. The van der Waals surface area contributed by atoms with Crippen LogP contribution in [-0.2, 0) is 13.0 Å². The number of hydrogen-bond donors (Lipinski definition) is 1. The molecule has 0 saturated heterocycles. The first-order valence-corrected chi connectivity index (χ1v) is 10.8. The molecule has 2 aromatic carbocycles. The highest BCUT2D eigenvalue weighted by Gasteiger charge is 2.18. The number of nitrogens with one attached hydrogen (secondary N) is 1. The number of nitrogens with zero attached hydrogens (tertiary/aromatic N) is 3. The Morgan fingerprint density at radius 1 is 1.16 bits per heavy atom. The second kappa shape index (κ2) is 8.89. The van der Waals surface area contributed by atoms with E-state index in [1.165, 1.54) is 5.56 Å². The third-order valence-corrected chi connectivity index (χ3v) is 5.85. The van der Waals surface area contributed by atoms with Gasteiger partial charge in [0.05, 0.1) is 13.3 Å². The van der Waals surface area contributed by atoms with Crippen LogP contribution in [0.1, 0.15) is 38.4 Å². The van der Waals surface area contributed by atoms with Crippen molar-refractivity contribution in [2.75, 3.05) is 7.11 Å². The highest BCUT2D eigenvalue weighted by Crippen LogP contribution is 2.22. The van der Waals surface area contributed by atoms with Gasteiger partial charge in [-0.25, -0.2) is 9.50 Å². The Kier molecular flexibility index (Phi) is 6.04. The molecule has 0 fully saturated rings. The van der Waals surface area contributed by atoms with Gasteiger partial charge in [-0.15, -0.1) is 0 Å². The zero-order chi connectivity index (χ0) is 22.0. The minimum atomic E-state index is -0.216. The summed E-state index contributed by atoms with van der Waals surface area (Å²) in [4.78, 5) is 17.6. The number of fused-ring (bicyclic) bond motifs is 1. The Hall–Kier alpha value is -3.19. The van der Waals surface area contributed by atoms with E-state index >= 15 is 0 Å². The predicted molar refractivity (Wildman–Crippen MR) is 124 cm³/mol. The molecule has 4 aromatic rings. The molecule has 0 spiro atoms. The first-order valence-electron chi connectivity index (χ1n) is 9.96. The van der Waals surface area contributed by atoms with E-state index in [2.05, 4.69) is 38.5 Å². The third kappa shape index (κ3) is 4.32. The standard InChI is InChI=1S/C24H23BrN4O2/c1-15-20(12-17-7-6-9-19(25)11-17)16(2)29-23(28-15)21(14-27-29)24(30)26-13-18-8-4-5-10-22(18)31-3/h4-11,14H,12-13H2,1-3H3,(H,26,30). The molecule has 1 N–H and O–H groups in total. The zero-order valence-electron chi connectivity index (χ0n) is 17.6. The number of amides is 1. The number of carbonyl (C=O) groups is 1. The first-order chi connectivity index (χ1) is 15.0. The monoisotopic (exact) mass is 478 g/mol. The lowest BCUT2D eigenvalue weighted by molar-refractivity contribution is 0.0952. The molecule has 0 bridgehead atoms. The molecule has 6 nitrogen and oxygen atoms in total. The van der Waals surface area contributed by atoms with Gasteiger partial charge in [0.25, 0.3) is 5.91 Å². The number of benzene rings is 2. The van der Waals surface area contributed by atoms with Gasteiger partial charge in [0.15, 0.2) is 5.65 Å². The first kappa shape index (κ1) is 21.1. The van der Waals surface area contributed by atoms with Crippen LogP contribution in [0, 0.1) is 13.8 Å². The molecule has 0 aliphatic rings. The van der Waals surface area contributed by atoms with Gasteiger partial charge < -0.3 is 10.1 Å². The van der Waals surface area contributed by atoms with Crippen molar-refractivity contribution in [3.05, 3.63) is 92.8 Å². The summed E-state index contributed by atoms with van der Waals surface area (Å²) in [5.74, 6) is 0.525. The highest BCUT2D eigenvalue weighted by molar-refractivity contribution is 9.10. The Morgan fingerprint density at radius 2 is 1.97 bits per heavy atom. The highest BCUT2D eigenvalue weighted by atomic mass is 79.9. The molecule has 0 radical (unpaired) electrons. The van der Waals surface area contributed by atoms with Crippen LogP contribution < -0.4 is 10.1 Å². The molecular formula is C24H23BrN4O2. The van der Waals surface area contributed by atoms with Gasteiger partial charge >= 0.3 is 0 Å². The van der Waals surface area contributed by atoms with Gasteiger partial charge in [0.1, 0.15) is 11.3 Å². The minimum Gasteiger partial charge on any atom is -0.496 e. The van der Waals surface area contributed by atoms with Crippen molar-refractivity contribution in [2.24, 2.45) is 0 Å². The molecule has 158 valence electrons. The van der Waals surface area contributed by atoms with Crippen LogP contribution in [0.4, 0.5) is 0 Å². The average molecular weight is 479 g/mol. The van der Waals surface area contributed by atoms with Crippen LogP contribution in [0.25, 0.3) is 5.65 Å². The van der Waals surface area contributed by atoms with Crippen molar-refractivity contribution in [3.63, 3.8) is 0 Å². The summed E-state index contributed by atoms with van der Waals surface area (Å²) >= 11 is 3.53. The molecule has 7 heteroatoms. The largest absolute Gasteiger partial charge is 0.496 e. The maximum absolute atomic E-state index is 12.9. The lowest BCUT2D eigenvalue weighted by Gasteiger charge is -2.12. The Labute approximate surface area is 189 Å². The predicted octanol–water partition coefficient (Wildman–Crippen LogP) is 4.64. The Morgan fingerprint density at radius 3 is 2.74 bits per heavy atom. The van der Waals surface area contributed by atoms with Gasteiger partial charge in [-0.05, 0) is 43.2 Å². The van der Waals surface area contributed by atoms with Gasteiger partial charge in [-0.2, -0.15) is 5.10 Å². The summed E-state index contributed by atoms with van der Waals surface area (Å²) in [6.07, 6.45) is 2.32. The van der Waals surface area contributed by atoms with Crippen LogP contribution in [0.15, 0.2) is 59.2 Å². The third-order valence-electron chi connectivity index (χ3n) is 5.36. The molecule has 0 aliphatic carbocycles. The summed E-state index contributed by atoms with van der Waals surface area (Å²) in [5, 5.41) is 7.40. The van der Waals surface area contributed by atoms with E-state index in [1.54, 1.807) is 17.8 Å². The van der Waals surface area contributed by atoms with Crippen LogP contribution in [0.5, 0.6) is 5.75 Å². The van der Waals surface area contributed by atoms with Gasteiger partial charge in [-0.3, -0.25) is 4.79 Å². The Bertz CT molecular complexity index is 1270. The fraction of sp³-hybridized carbons (Fsp3) is 0.208. The second-order valence-corrected chi connectivity index (χ2v) is 8.27. The molecular weight excluding hydrogens is 456 g/mol. The fourth-order valence-electron chi connectivity index (χ4n) is 3.70. The van der Waals surface area contributed by atoms with Crippen molar-refractivity contribution >= 4 is 27.5 Å². The lowest BCUT2D eigenvalue weighted by Crippen LogP contribution is -2.23. The number of para-hydroxylation sites is 1. The van der Waals surface area contributed by atoms with Crippen LogP contribution in [0.3, 0.4) is 0 Å². The van der Waals surface area contributed by atoms with E-state index < -0.39 is 0 Å². The van der Waals surface area contributed by atoms with Gasteiger partial charge in [0.2, 0.25) is 0 Å². The van der Waals surface area contributed by atoms with Crippen LogP contribution in [0.2, 0.25) is 0 Å². The van der Waals surface area contributed by atoms with Crippen molar-refractivity contribution < 1.29 is 9.53 Å². The number of methoxy groups -OCH3 is 1.